The normalized spacial score (nSPS) is 22.4. The molecule has 1 rings (SSSR count). The summed E-state index contributed by atoms with van der Waals surface area (Å²) >= 11 is 1.64. The first-order valence-electron chi connectivity index (χ1n) is 4.13. The minimum atomic E-state index is 0.139. The maximum Gasteiger partial charge on any atom is 0.233 e. The molecule has 1 fully saturated rings. The van der Waals surface area contributed by atoms with E-state index in [4.69, 9.17) is 0 Å². The van der Waals surface area contributed by atoms with Crippen molar-refractivity contribution in [2.75, 3.05) is 12.3 Å². The van der Waals surface area contributed by atoms with E-state index in [9.17, 15) is 4.79 Å². The van der Waals surface area contributed by atoms with Crippen LogP contribution in [0.25, 0.3) is 0 Å². The van der Waals surface area contributed by atoms with Gasteiger partial charge in [-0.2, -0.15) is 0 Å². The van der Waals surface area contributed by atoms with Gasteiger partial charge >= 0.3 is 0 Å². The zero-order valence-corrected chi connectivity index (χ0v) is 8.04. The molecular weight excluding hydrogens is 170 g/mol. The van der Waals surface area contributed by atoms with Gasteiger partial charge in [0.1, 0.15) is 0 Å². The highest BCUT2D eigenvalue weighted by molar-refractivity contribution is 8.00. The van der Waals surface area contributed by atoms with Crippen molar-refractivity contribution < 1.29 is 4.79 Å². The Morgan fingerprint density at radius 1 is 1.75 bits per heavy atom. The summed E-state index contributed by atoms with van der Waals surface area (Å²) in [7, 11) is 0. The van der Waals surface area contributed by atoms with Crippen LogP contribution in [0.3, 0.4) is 0 Å². The number of carbonyl (C=O) groups is 1. The molecule has 1 unspecified atom stereocenters. The molecule has 1 N–H and O–H groups in total. The third kappa shape index (κ3) is 2.78. The predicted octanol–water partition coefficient (Wildman–Crippen LogP) is 1.02. The summed E-state index contributed by atoms with van der Waals surface area (Å²) in [5.74, 6) is 6.73. The van der Waals surface area contributed by atoms with Crippen LogP contribution in [0, 0.1) is 11.8 Å². The highest BCUT2D eigenvalue weighted by atomic mass is 32.2. The zero-order valence-electron chi connectivity index (χ0n) is 7.22. The average Bonchev–Trinajstić information content (AvgIpc) is 2.09. The minimum Gasteiger partial charge on any atom is -0.355 e. The summed E-state index contributed by atoms with van der Waals surface area (Å²) in [5, 5.41) is 2.99. The monoisotopic (exact) mass is 183 g/mol. The Balaban J connectivity index is 2.27. The van der Waals surface area contributed by atoms with Crippen LogP contribution in [0.1, 0.15) is 19.8 Å². The molecule has 1 amide bonds. The quantitative estimate of drug-likeness (QED) is 0.648. The number of rotatable bonds is 2. The lowest BCUT2D eigenvalue weighted by Crippen LogP contribution is -2.38. The maximum atomic E-state index is 11.2. The van der Waals surface area contributed by atoms with E-state index in [0.717, 1.165) is 25.1 Å². The molecule has 12 heavy (non-hydrogen) atoms. The number of hydrogen-bond donors (Lipinski definition) is 1. The van der Waals surface area contributed by atoms with Gasteiger partial charge in [-0.15, -0.1) is 17.7 Å². The van der Waals surface area contributed by atoms with Crippen molar-refractivity contribution in [3.63, 3.8) is 0 Å². The van der Waals surface area contributed by atoms with E-state index in [1.807, 2.05) is 6.92 Å². The number of amides is 1. The first-order valence-corrected chi connectivity index (χ1v) is 5.18. The van der Waals surface area contributed by atoms with E-state index in [1.54, 1.807) is 11.8 Å². The summed E-state index contributed by atoms with van der Waals surface area (Å²) in [6.45, 7) is 2.66. The Kier molecular flexibility index (Phi) is 4.02. The number of nitrogens with one attached hydrogen (secondary N) is 1. The van der Waals surface area contributed by atoms with E-state index in [1.165, 1.54) is 0 Å². The van der Waals surface area contributed by atoms with Gasteiger partial charge in [0.15, 0.2) is 0 Å². The van der Waals surface area contributed by atoms with Gasteiger partial charge in [0.2, 0.25) is 5.91 Å². The third-order valence-electron chi connectivity index (χ3n) is 1.77. The Morgan fingerprint density at radius 2 is 2.58 bits per heavy atom. The fraction of sp³-hybridized carbons (Fsp3) is 0.667. The maximum absolute atomic E-state index is 11.2. The SMILES string of the molecule is CC#CCSC1CCCNC1=O. The van der Waals surface area contributed by atoms with Crippen LogP contribution in [0.15, 0.2) is 0 Å². The standard InChI is InChI=1S/C9H13NOS/c1-2-3-7-12-8-5-4-6-10-9(8)11/h8H,4-7H2,1H3,(H,10,11). The molecule has 1 saturated heterocycles. The number of piperidine rings is 1. The van der Waals surface area contributed by atoms with Crippen molar-refractivity contribution in [1.29, 1.82) is 0 Å². The van der Waals surface area contributed by atoms with E-state index < -0.39 is 0 Å². The van der Waals surface area contributed by atoms with Crippen LogP contribution in [-0.2, 0) is 4.79 Å². The molecular formula is C9H13NOS. The largest absolute Gasteiger partial charge is 0.355 e. The van der Waals surface area contributed by atoms with Gasteiger partial charge in [0.05, 0.1) is 11.0 Å². The molecule has 0 aromatic heterocycles. The molecule has 1 aliphatic heterocycles. The molecule has 0 saturated carbocycles. The Hall–Kier alpha value is -0.620. The number of thioether (sulfide) groups is 1. The molecule has 1 atom stereocenters. The van der Waals surface area contributed by atoms with Crippen molar-refractivity contribution in [1.82, 2.24) is 5.32 Å². The van der Waals surface area contributed by atoms with Gasteiger partial charge in [0.25, 0.3) is 0 Å². The fourth-order valence-corrected chi connectivity index (χ4v) is 2.11. The molecule has 1 heterocycles. The highest BCUT2D eigenvalue weighted by Crippen LogP contribution is 2.18. The van der Waals surface area contributed by atoms with Gasteiger partial charge < -0.3 is 5.32 Å². The highest BCUT2D eigenvalue weighted by Gasteiger charge is 2.21. The Labute approximate surface area is 77.5 Å². The zero-order chi connectivity index (χ0) is 8.81. The van der Waals surface area contributed by atoms with Crippen LogP contribution in [0.4, 0.5) is 0 Å². The van der Waals surface area contributed by atoms with E-state index in [-0.39, 0.29) is 11.2 Å². The first kappa shape index (κ1) is 9.47. The lowest BCUT2D eigenvalue weighted by Gasteiger charge is -2.20. The number of carbonyl (C=O) groups excluding carboxylic acids is 1. The van der Waals surface area contributed by atoms with Crippen LogP contribution in [0.2, 0.25) is 0 Å². The van der Waals surface area contributed by atoms with Gasteiger partial charge in [0, 0.05) is 6.54 Å². The molecule has 0 aromatic carbocycles. The third-order valence-corrected chi connectivity index (χ3v) is 2.93. The van der Waals surface area contributed by atoms with Crippen molar-refractivity contribution in [3.8, 4) is 11.8 Å². The minimum absolute atomic E-state index is 0.139. The van der Waals surface area contributed by atoms with Crippen molar-refractivity contribution in [2.24, 2.45) is 0 Å². The number of hydrogen-bond acceptors (Lipinski definition) is 2. The summed E-state index contributed by atoms with van der Waals surface area (Å²) in [4.78, 5) is 11.2. The first-order chi connectivity index (χ1) is 5.84. The molecule has 1 aliphatic rings. The summed E-state index contributed by atoms with van der Waals surface area (Å²) in [6.07, 6.45) is 2.10. The van der Waals surface area contributed by atoms with Crippen LogP contribution in [-0.4, -0.2) is 23.5 Å². The molecule has 3 heteroatoms. The molecule has 2 nitrogen and oxygen atoms in total. The van der Waals surface area contributed by atoms with Gasteiger partial charge in [-0.3, -0.25) is 4.79 Å². The van der Waals surface area contributed by atoms with Crippen LogP contribution >= 0.6 is 11.8 Å². The second kappa shape index (κ2) is 5.10. The molecule has 0 aliphatic carbocycles. The van der Waals surface area contributed by atoms with Crippen molar-refractivity contribution in [3.05, 3.63) is 0 Å². The molecule has 0 aromatic rings. The fourth-order valence-electron chi connectivity index (χ4n) is 1.12. The molecule has 0 spiro atoms. The second-order valence-corrected chi connectivity index (χ2v) is 3.85. The lowest BCUT2D eigenvalue weighted by molar-refractivity contribution is -0.121. The van der Waals surface area contributed by atoms with E-state index >= 15 is 0 Å². The second-order valence-electron chi connectivity index (χ2n) is 2.66. The van der Waals surface area contributed by atoms with Crippen molar-refractivity contribution >= 4 is 17.7 Å². The summed E-state index contributed by atoms with van der Waals surface area (Å²) in [5.41, 5.74) is 0. The van der Waals surface area contributed by atoms with Gasteiger partial charge in [-0.05, 0) is 19.8 Å². The van der Waals surface area contributed by atoms with Crippen molar-refractivity contribution in [2.45, 2.75) is 25.0 Å². The summed E-state index contributed by atoms with van der Waals surface area (Å²) in [6, 6.07) is 0. The average molecular weight is 183 g/mol. The van der Waals surface area contributed by atoms with Crippen LogP contribution in [0.5, 0.6) is 0 Å². The van der Waals surface area contributed by atoms with Gasteiger partial charge in [-0.1, -0.05) is 5.92 Å². The van der Waals surface area contributed by atoms with E-state index in [0.29, 0.717) is 0 Å². The Bertz CT molecular complexity index is 216. The summed E-state index contributed by atoms with van der Waals surface area (Å²) < 4.78 is 0. The molecule has 66 valence electrons. The molecule has 0 bridgehead atoms. The topological polar surface area (TPSA) is 29.1 Å². The van der Waals surface area contributed by atoms with Gasteiger partial charge in [-0.25, -0.2) is 0 Å². The van der Waals surface area contributed by atoms with Crippen LogP contribution < -0.4 is 5.32 Å². The lowest BCUT2D eigenvalue weighted by atomic mass is 10.1. The van der Waals surface area contributed by atoms with E-state index in [2.05, 4.69) is 17.2 Å². The Morgan fingerprint density at radius 3 is 3.25 bits per heavy atom. The predicted molar refractivity (Wildman–Crippen MR) is 51.9 cm³/mol. The molecule has 0 radical (unpaired) electrons. The smallest absolute Gasteiger partial charge is 0.233 e.